The third-order valence-electron chi connectivity index (χ3n) is 2.20. The zero-order valence-electron chi connectivity index (χ0n) is 7.06. The van der Waals surface area contributed by atoms with Crippen LogP contribution in [0.3, 0.4) is 0 Å². The van der Waals surface area contributed by atoms with E-state index >= 15 is 0 Å². The molecule has 0 bridgehead atoms. The van der Waals surface area contributed by atoms with Crippen molar-refractivity contribution < 1.29 is 0 Å². The Morgan fingerprint density at radius 3 is 2.36 bits per heavy atom. The van der Waals surface area contributed by atoms with Crippen molar-refractivity contribution >= 4 is 0 Å². The molecule has 0 aliphatic heterocycles. The first kappa shape index (κ1) is 8.06. The molecule has 0 fully saturated rings. The van der Waals surface area contributed by atoms with Gasteiger partial charge in [0.15, 0.2) is 0 Å². The van der Waals surface area contributed by atoms with Crippen molar-refractivity contribution in [3.8, 4) is 0 Å². The van der Waals surface area contributed by atoms with E-state index in [-0.39, 0.29) is 0 Å². The maximum Gasteiger partial charge on any atom is -0.0144 e. The van der Waals surface area contributed by atoms with Gasteiger partial charge in [-0.1, -0.05) is 38.8 Å². The highest BCUT2D eigenvalue weighted by atomic mass is 14.2. The summed E-state index contributed by atoms with van der Waals surface area (Å²) in [5.74, 6) is 0.577. The number of rotatable bonds is 2. The van der Waals surface area contributed by atoms with Crippen molar-refractivity contribution in [2.75, 3.05) is 0 Å². The minimum absolute atomic E-state index is 0.577. The first-order valence-electron chi connectivity index (χ1n) is 3.88. The van der Waals surface area contributed by atoms with E-state index < -0.39 is 0 Å². The lowest BCUT2D eigenvalue weighted by atomic mass is 10.0. The third kappa shape index (κ3) is 1.21. The van der Waals surface area contributed by atoms with Crippen molar-refractivity contribution in [2.45, 2.75) is 13.3 Å². The van der Waals surface area contributed by atoms with Gasteiger partial charge >= 0.3 is 0 Å². The summed E-state index contributed by atoms with van der Waals surface area (Å²) in [5, 5.41) is 0. The SMILES string of the molecule is C=CC1=C(C=C)C(C)CC1=C. The zero-order chi connectivity index (χ0) is 8.43. The van der Waals surface area contributed by atoms with Gasteiger partial charge in [0.05, 0.1) is 0 Å². The number of allylic oxidation sites excluding steroid dienone is 5. The number of hydrogen-bond donors (Lipinski definition) is 0. The fourth-order valence-electron chi connectivity index (χ4n) is 1.63. The Kier molecular flexibility index (Phi) is 2.13. The molecule has 0 aromatic carbocycles. The molecule has 1 unspecified atom stereocenters. The molecule has 0 aromatic rings. The molecule has 1 aliphatic rings. The molecule has 1 atom stereocenters. The van der Waals surface area contributed by atoms with E-state index in [4.69, 9.17) is 0 Å². The highest BCUT2D eigenvalue weighted by molar-refractivity contribution is 5.50. The normalized spacial score (nSPS) is 24.1. The summed E-state index contributed by atoms with van der Waals surface area (Å²) < 4.78 is 0. The Labute approximate surface area is 68.6 Å². The van der Waals surface area contributed by atoms with Crippen LogP contribution >= 0.6 is 0 Å². The lowest BCUT2D eigenvalue weighted by Gasteiger charge is -2.01. The van der Waals surface area contributed by atoms with Crippen molar-refractivity contribution in [1.82, 2.24) is 0 Å². The Balaban J connectivity index is 3.11. The van der Waals surface area contributed by atoms with Crippen LogP contribution in [0.1, 0.15) is 13.3 Å². The second-order valence-corrected chi connectivity index (χ2v) is 2.99. The fourth-order valence-corrected chi connectivity index (χ4v) is 1.63. The molecule has 0 aromatic heterocycles. The Hall–Kier alpha value is -1.04. The van der Waals surface area contributed by atoms with Crippen LogP contribution in [0.15, 0.2) is 48.6 Å². The van der Waals surface area contributed by atoms with Crippen molar-refractivity contribution in [3.63, 3.8) is 0 Å². The molecule has 11 heavy (non-hydrogen) atoms. The van der Waals surface area contributed by atoms with Crippen LogP contribution in [0.2, 0.25) is 0 Å². The minimum atomic E-state index is 0.577. The van der Waals surface area contributed by atoms with Crippen molar-refractivity contribution in [1.29, 1.82) is 0 Å². The van der Waals surface area contributed by atoms with Gasteiger partial charge in [0.25, 0.3) is 0 Å². The molecule has 1 aliphatic carbocycles. The quantitative estimate of drug-likeness (QED) is 0.561. The monoisotopic (exact) mass is 146 g/mol. The highest BCUT2D eigenvalue weighted by Gasteiger charge is 2.20. The Bertz CT molecular complexity index is 241. The molecule has 0 amide bonds. The summed E-state index contributed by atoms with van der Waals surface area (Å²) in [6.07, 6.45) is 4.85. The van der Waals surface area contributed by atoms with Crippen molar-refractivity contribution in [3.05, 3.63) is 48.6 Å². The van der Waals surface area contributed by atoms with Crippen LogP contribution in [0, 0.1) is 5.92 Å². The molecule has 58 valence electrons. The van der Waals surface area contributed by atoms with Gasteiger partial charge < -0.3 is 0 Å². The first-order chi connectivity index (χ1) is 5.20. The molecule has 0 saturated carbocycles. The second-order valence-electron chi connectivity index (χ2n) is 2.99. The van der Waals surface area contributed by atoms with Crippen LogP contribution in [0.5, 0.6) is 0 Å². The first-order valence-corrected chi connectivity index (χ1v) is 3.88. The molecule has 1 rings (SSSR count). The predicted octanol–water partition coefficient (Wildman–Crippen LogP) is 3.25. The van der Waals surface area contributed by atoms with Gasteiger partial charge in [0, 0.05) is 0 Å². The maximum atomic E-state index is 3.98. The molecule has 0 spiro atoms. The van der Waals surface area contributed by atoms with E-state index in [1.54, 1.807) is 0 Å². The van der Waals surface area contributed by atoms with Crippen LogP contribution in [0.4, 0.5) is 0 Å². The van der Waals surface area contributed by atoms with Gasteiger partial charge in [0.2, 0.25) is 0 Å². The number of hydrogen-bond acceptors (Lipinski definition) is 0. The average molecular weight is 146 g/mol. The summed E-state index contributed by atoms with van der Waals surface area (Å²) in [6, 6.07) is 0. The van der Waals surface area contributed by atoms with Crippen LogP contribution in [0.25, 0.3) is 0 Å². The Morgan fingerprint density at radius 2 is 2.00 bits per heavy atom. The highest BCUT2D eigenvalue weighted by Crippen LogP contribution is 2.35. The van der Waals surface area contributed by atoms with E-state index in [9.17, 15) is 0 Å². The van der Waals surface area contributed by atoms with Gasteiger partial charge in [-0.3, -0.25) is 0 Å². The van der Waals surface area contributed by atoms with Crippen LogP contribution in [-0.4, -0.2) is 0 Å². The zero-order valence-corrected chi connectivity index (χ0v) is 7.06. The molecule has 0 N–H and O–H groups in total. The van der Waals surface area contributed by atoms with Gasteiger partial charge in [0.1, 0.15) is 0 Å². The van der Waals surface area contributed by atoms with Crippen LogP contribution in [-0.2, 0) is 0 Å². The van der Waals surface area contributed by atoms with E-state index in [0.29, 0.717) is 5.92 Å². The summed E-state index contributed by atoms with van der Waals surface area (Å²) in [6.45, 7) is 13.7. The molecule has 0 heterocycles. The van der Waals surface area contributed by atoms with Gasteiger partial charge in [-0.05, 0) is 29.1 Å². The summed E-state index contributed by atoms with van der Waals surface area (Å²) >= 11 is 0. The van der Waals surface area contributed by atoms with Crippen LogP contribution < -0.4 is 0 Å². The lowest BCUT2D eigenvalue weighted by Crippen LogP contribution is -1.88. The minimum Gasteiger partial charge on any atom is -0.0988 e. The van der Waals surface area contributed by atoms with Gasteiger partial charge in [-0.25, -0.2) is 0 Å². The predicted molar refractivity (Wildman–Crippen MR) is 50.3 cm³/mol. The summed E-state index contributed by atoms with van der Waals surface area (Å²) in [4.78, 5) is 0. The largest absolute Gasteiger partial charge is 0.0988 e. The van der Waals surface area contributed by atoms with Crippen molar-refractivity contribution in [2.24, 2.45) is 5.92 Å². The average Bonchev–Trinajstić information content (AvgIpc) is 2.24. The van der Waals surface area contributed by atoms with E-state index in [1.807, 2.05) is 12.2 Å². The molecule has 0 heteroatoms. The van der Waals surface area contributed by atoms with E-state index in [2.05, 4.69) is 26.7 Å². The van der Waals surface area contributed by atoms with Gasteiger partial charge in [-0.15, -0.1) is 0 Å². The molecular weight excluding hydrogens is 132 g/mol. The third-order valence-corrected chi connectivity index (χ3v) is 2.20. The maximum absolute atomic E-state index is 3.98. The van der Waals surface area contributed by atoms with Gasteiger partial charge in [-0.2, -0.15) is 0 Å². The molecular formula is C11H14. The summed E-state index contributed by atoms with van der Waals surface area (Å²) in [7, 11) is 0. The van der Waals surface area contributed by atoms with E-state index in [0.717, 1.165) is 6.42 Å². The second kappa shape index (κ2) is 2.91. The Morgan fingerprint density at radius 1 is 1.36 bits per heavy atom. The fraction of sp³-hybridized carbons (Fsp3) is 0.273. The van der Waals surface area contributed by atoms with E-state index in [1.165, 1.54) is 16.7 Å². The molecule has 0 radical (unpaired) electrons. The lowest BCUT2D eigenvalue weighted by molar-refractivity contribution is 0.732. The topological polar surface area (TPSA) is 0 Å². The standard InChI is InChI=1S/C11H14/c1-5-10-8(3)7-9(4)11(10)6-2/h5-6,9H,1-3,7H2,4H3. The molecule has 0 saturated heterocycles. The molecule has 0 nitrogen and oxygen atoms in total. The smallest absolute Gasteiger partial charge is 0.0144 e. The summed E-state index contributed by atoms with van der Waals surface area (Å²) in [5.41, 5.74) is 3.69.